The number of piperidine rings is 2. The third kappa shape index (κ3) is 3.73. The number of amides is 1. The van der Waals surface area contributed by atoms with Gasteiger partial charge in [-0.15, -0.1) is 0 Å². The van der Waals surface area contributed by atoms with Crippen molar-refractivity contribution in [1.82, 2.24) is 15.5 Å². The van der Waals surface area contributed by atoms with Crippen molar-refractivity contribution in [1.29, 1.82) is 0 Å². The van der Waals surface area contributed by atoms with E-state index in [1.807, 2.05) is 0 Å². The summed E-state index contributed by atoms with van der Waals surface area (Å²) in [4.78, 5) is 14.5. The number of rotatable bonds is 4. The van der Waals surface area contributed by atoms with Gasteiger partial charge in [0.15, 0.2) is 0 Å². The summed E-state index contributed by atoms with van der Waals surface area (Å²) in [5, 5.41) is 6.83. The second-order valence-electron chi connectivity index (χ2n) is 7.23. The molecule has 3 aliphatic heterocycles. The van der Waals surface area contributed by atoms with Crippen LogP contribution in [0.15, 0.2) is 0 Å². The minimum atomic E-state index is 0.287. The van der Waals surface area contributed by atoms with Crippen LogP contribution >= 0.6 is 0 Å². The topological polar surface area (TPSA) is 44.4 Å². The third-order valence-electron chi connectivity index (χ3n) is 5.47. The molecule has 2 N–H and O–H groups in total. The highest BCUT2D eigenvalue weighted by Crippen LogP contribution is 2.32. The van der Waals surface area contributed by atoms with Gasteiger partial charge < -0.3 is 15.5 Å². The molecule has 0 aromatic rings. The monoisotopic (exact) mass is 279 g/mol. The zero-order chi connectivity index (χ0) is 13.9. The molecule has 4 nitrogen and oxygen atoms in total. The molecule has 0 aromatic heterocycles. The molecule has 0 saturated carbocycles. The van der Waals surface area contributed by atoms with Crippen LogP contribution < -0.4 is 10.6 Å². The highest BCUT2D eigenvalue weighted by molar-refractivity contribution is 5.76. The molecular weight excluding hydrogens is 250 g/mol. The maximum absolute atomic E-state index is 12.1. The number of nitrogens with one attached hydrogen (secondary N) is 2. The van der Waals surface area contributed by atoms with Gasteiger partial charge in [-0.3, -0.25) is 4.79 Å². The quantitative estimate of drug-likeness (QED) is 0.817. The molecule has 1 amide bonds. The molecule has 2 unspecified atom stereocenters. The summed E-state index contributed by atoms with van der Waals surface area (Å²) < 4.78 is 0. The molecule has 0 spiro atoms. The fraction of sp³-hybridized carbons (Fsp3) is 0.938. The van der Waals surface area contributed by atoms with E-state index in [9.17, 15) is 4.79 Å². The molecule has 3 rings (SSSR count). The summed E-state index contributed by atoms with van der Waals surface area (Å²) in [7, 11) is 2.18. The maximum atomic E-state index is 12.1. The number of nitrogens with zero attached hydrogens (tertiary/aromatic N) is 1. The lowest BCUT2D eigenvalue weighted by atomic mass is 9.89. The van der Waals surface area contributed by atoms with E-state index < -0.39 is 0 Å². The van der Waals surface area contributed by atoms with Crippen LogP contribution in [0.3, 0.4) is 0 Å². The van der Waals surface area contributed by atoms with E-state index in [1.54, 1.807) is 0 Å². The van der Waals surface area contributed by atoms with Gasteiger partial charge in [0.2, 0.25) is 5.91 Å². The van der Waals surface area contributed by atoms with Crippen LogP contribution in [0.2, 0.25) is 0 Å². The van der Waals surface area contributed by atoms with Gasteiger partial charge in [0.05, 0.1) is 0 Å². The first kappa shape index (κ1) is 14.3. The first-order chi connectivity index (χ1) is 9.69. The maximum Gasteiger partial charge on any atom is 0.220 e. The lowest BCUT2D eigenvalue weighted by Crippen LogP contribution is -2.41. The SMILES string of the molecule is CN1CCC(CNC(=O)CC2CC3CCC(C2)N3)CC1. The van der Waals surface area contributed by atoms with Gasteiger partial charge in [-0.1, -0.05) is 0 Å². The molecule has 0 radical (unpaired) electrons. The highest BCUT2D eigenvalue weighted by Gasteiger charge is 2.34. The van der Waals surface area contributed by atoms with E-state index in [1.165, 1.54) is 51.6 Å². The van der Waals surface area contributed by atoms with Gasteiger partial charge >= 0.3 is 0 Å². The lowest BCUT2D eigenvalue weighted by molar-refractivity contribution is -0.122. The molecule has 3 fully saturated rings. The fourth-order valence-corrected chi connectivity index (χ4v) is 4.20. The summed E-state index contributed by atoms with van der Waals surface area (Å²) in [5.41, 5.74) is 0. The van der Waals surface area contributed by atoms with Crippen molar-refractivity contribution in [2.24, 2.45) is 11.8 Å². The average molecular weight is 279 g/mol. The zero-order valence-corrected chi connectivity index (χ0v) is 12.7. The summed E-state index contributed by atoms with van der Waals surface area (Å²) in [6, 6.07) is 1.39. The molecule has 2 atom stereocenters. The van der Waals surface area contributed by atoms with Crippen LogP contribution in [0.4, 0.5) is 0 Å². The molecule has 2 bridgehead atoms. The van der Waals surface area contributed by atoms with Crippen molar-refractivity contribution in [3.05, 3.63) is 0 Å². The Bertz CT molecular complexity index is 327. The Hall–Kier alpha value is -0.610. The van der Waals surface area contributed by atoms with E-state index in [0.717, 1.165) is 13.0 Å². The molecule has 3 aliphatic rings. The molecule has 3 heterocycles. The Morgan fingerprint density at radius 2 is 1.75 bits per heavy atom. The molecule has 114 valence electrons. The lowest BCUT2D eigenvalue weighted by Gasteiger charge is -2.30. The van der Waals surface area contributed by atoms with Crippen molar-refractivity contribution < 1.29 is 4.79 Å². The van der Waals surface area contributed by atoms with Gasteiger partial charge in [0.25, 0.3) is 0 Å². The molecule has 0 aromatic carbocycles. The Morgan fingerprint density at radius 1 is 1.10 bits per heavy atom. The summed E-state index contributed by atoms with van der Waals surface area (Å²) in [6.07, 6.45) is 8.26. The van der Waals surface area contributed by atoms with Crippen LogP contribution in [0.1, 0.15) is 44.9 Å². The fourth-order valence-electron chi connectivity index (χ4n) is 4.20. The average Bonchev–Trinajstić information content (AvgIpc) is 2.77. The minimum absolute atomic E-state index is 0.287. The van der Waals surface area contributed by atoms with Crippen LogP contribution in [0.5, 0.6) is 0 Å². The van der Waals surface area contributed by atoms with Crippen molar-refractivity contribution in [3.63, 3.8) is 0 Å². The van der Waals surface area contributed by atoms with Crippen molar-refractivity contribution in [2.75, 3.05) is 26.7 Å². The van der Waals surface area contributed by atoms with Crippen molar-refractivity contribution in [3.8, 4) is 0 Å². The first-order valence-corrected chi connectivity index (χ1v) is 8.40. The largest absolute Gasteiger partial charge is 0.356 e. The Morgan fingerprint density at radius 3 is 2.40 bits per heavy atom. The highest BCUT2D eigenvalue weighted by atomic mass is 16.1. The Labute approximate surface area is 122 Å². The van der Waals surface area contributed by atoms with Gasteiger partial charge in [0.1, 0.15) is 0 Å². The normalized spacial score (nSPS) is 35.1. The number of carbonyl (C=O) groups is 1. The summed E-state index contributed by atoms with van der Waals surface area (Å²) in [6.45, 7) is 3.25. The molecule has 4 heteroatoms. The smallest absolute Gasteiger partial charge is 0.220 e. The second kappa shape index (κ2) is 6.44. The number of fused-ring (bicyclic) bond motifs is 2. The van der Waals surface area contributed by atoms with Crippen molar-refractivity contribution in [2.45, 2.75) is 57.0 Å². The molecule has 0 aliphatic carbocycles. The van der Waals surface area contributed by atoms with E-state index in [4.69, 9.17) is 0 Å². The molecular formula is C16H29N3O. The summed E-state index contributed by atoms with van der Waals surface area (Å²) >= 11 is 0. The van der Waals surface area contributed by atoms with Gasteiger partial charge in [-0.25, -0.2) is 0 Å². The standard InChI is InChI=1S/C16H29N3O/c1-19-6-4-12(5-7-19)11-17-16(20)10-13-8-14-2-3-15(9-13)18-14/h12-15,18H,2-11H2,1H3,(H,17,20). The number of hydrogen-bond acceptors (Lipinski definition) is 3. The number of likely N-dealkylation sites (tertiary alicyclic amines) is 1. The van der Waals surface area contributed by atoms with E-state index in [-0.39, 0.29) is 5.91 Å². The number of hydrogen-bond donors (Lipinski definition) is 2. The van der Waals surface area contributed by atoms with E-state index in [2.05, 4.69) is 22.6 Å². The predicted octanol–water partition coefficient (Wildman–Crippen LogP) is 1.37. The molecule has 3 saturated heterocycles. The van der Waals surface area contributed by atoms with Crippen molar-refractivity contribution >= 4 is 5.91 Å². The van der Waals surface area contributed by atoms with Crippen LogP contribution in [0.25, 0.3) is 0 Å². The Kier molecular flexibility index (Phi) is 4.61. The van der Waals surface area contributed by atoms with Crippen LogP contribution in [0, 0.1) is 11.8 Å². The predicted molar refractivity (Wildman–Crippen MR) is 80.5 cm³/mol. The zero-order valence-electron chi connectivity index (χ0n) is 12.7. The Balaban J connectivity index is 1.35. The van der Waals surface area contributed by atoms with Crippen LogP contribution in [-0.2, 0) is 4.79 Å². The number of carbonyl (C=O) groups excluding carboxylic acids is 1. The van der Waals surface area contributed by atoms with Crippen LogP contribution in [-0.4, -0.2) is 49.6 Å². The van der Waals surface area contributed by atoms with E-state index >= 15 is 0 Å². The molecule has 20 heavy (non-hydrogen) atoms. The van der Waals surface area contributed by atoms with E-state index in [0.29, 0.717) is 23.9 Å². The summed E-state index contributed by atoms with van der Waals surface area (Å²) in [5.74, 6) is 1.60. The van der Waals surface area contributed by atoms with Gasteiger partial charge in [-0.2, -0.15) is 0 Å². The second-order valence-corrected chi connectivity index (χ2v) is 7.23. The van der Waals surface area contributed by atoms with Gasteiger partial charge in [0, 0.05) is 25.0 Å². The third-order valence-corrected chi connectivity index (χ3v) is 5.47. The minimum Gasteiger partial charge on any atom is -0.356 e. The first-order valence-electron chi connectivity index (χ1n) is 8.40. The van der Waals surface area contributed by atoms with Gasteiger partial charge in [-0.05, 0) is 70.5 Å².